The highest BCUT2D eigenvalue weighted by molar-refractivity contribution is 7.18. The van der Waals surface area contributed by atoms with Crippen LogP contribution in [-0.4, -0.2) is 54.3 Å². The summed E-state index contributed by atoms with van der Waals surface area (Å²) in [6.07, 6.45) is 3.70. The molecule has 23 heteroatoms. The normalized spacial score (nSPS) is 10.7. The number of amides is 4. The van der Waals surface area contributed by atoms with Gasteiger partial charge in [0.2, 0.25) is 0 Å². The Labute approximate surface area is 411 Å². The van der Waals surface area contributed by atoms with E-state index < -0.39 is 11.7 Å². The Balaban J connectivity index is 0.000000189. The van der Waals surface area contributed by atoms with E-state index in [1.807, 2.05) is 57.2 Å². The number of halogens is 4. The predicted molar refractivity (Wildman–Crippen MR) is 268 cm³/mol. The molecule has 0 spiro atoms. The molecule has 7 rings (SSSR count). The summed E-state index contributed by atoms with van der Waals surface area (Å²) in [6, 6.07) is 17.8. The maximum Gasteiger partial charge on any atom is 0.413 e. The molecule has 66 heavy (non-hydrogen) atoms. The van der Waals surface area contributed by atoms with Crippen LogP contribution in [0.2, 0.25) is 20.2 Å². The van der Waals surface area contributed by atoms with Crippen LogP contribution < -0.4 is 32.3 Å². The molecule has 4 heterocycles. The number of benzene rings is 3. The van der Waals surface area contributed by atoms with Crippen molar-refractivity contribution in [2.75, 3.05) is 32.3 Å². The Morgan fingerprint density at radius 2 is 1.02 bits per heavy atom. The monoisotopic (exact) mass is 1030 g/mol. The van der Waals surface area contributed by atoms with Crippen LogP contribution in [0.25, 0.3) is 0 Å². The number of nitrogens with zero attached hydrogens (tertiary/aromatic N) is 5. The van der Waals surface area contributed by atoms with E-state index in [4.69, 9.17) is 56.9 Å². The van der Waals surface area contributed by atoms with Crippen molar-refractivity contribution in [3.8, 4) is 0 Å². The number of nitrogens with one attached hydrogen (secondary N) is 5. The van der Waals surface area contributed by atoms with Crippen LogP contribution in [0.4, 0.5) is 43.1 Å². The lowest BCUT2D eigenvalue weighted by molar-refractivity contribution is 0.0635. The number of anilines is 7. The van der Waals surface area contributed by atoms with E-state index in [2.05, 4.69) is 51.5 Å². The number of hydrogen-bond donors (Lipinski definition) is 6. The van der Waals surface area contributed by atoms with Crippen LogP contribution in [0, 0.1) is 27.7 Å². The van der Waals surface area contributed by atoms with Crippen LogP contribution in [0.1, 0.15) is 72.3 Å². The quantitative estimate of drug-likeness (QED) is 0.0742. The number of rotatable bonds is 9. The summed E-state index contributed by atoms with van der Waals surface area (Å²) < 4.78 is 5.14. The fourth-order valence-corrected chi connectivity index (χ4v) is 8.29. The largest absolute Gasteiger partial charge is 0.444 e. The highest BCUT2D eigenvalue weighted by Crippen LogP contribution is 2.30. The Bertz CT molecular complexity index is 2800. The Kier molecular flexibility index (Phi) is 17.8. The van der Waals surface area contributed by atoms with E-state index >= 15 is 0 Å². The van der Waals surface area contributed by atoms with Gasteiger partial charge in [0.1, 0.15) is 37.0 Å². The molecule has 0 fully saturated rings. The minimum atomic E-state index is -0.620. The predicted octanol–water partition coefficient (Wildman–Crippen LogP) is 12.5. The fourth-order valence-electron chi connectivity index (χ4n) is 5.26. The second-order valence-corrected chi connectivity index (χ2v) is 19.4. The molecule has 0 radical (unpaired) electrons. The van der Waals surface area contributed by atoms with Gasteiger partial charge >= 0.3 is 6.09 Å². The molecule has 3 aromatic carbocycles. The van der Waals surface area contributed by atoms with Gasteiger partial charge in [-0.1, -0.05) is 117 Å². The van der Waals surface area contributed by atoms with Crippen molar-refractivity contribution in [2.24, 2.45) is 0 Å². The number of carbonyl (C=O) groups excluding carboxylic acids is 4. The summed E-state index contributed by atoms with van der Waals surface area (Å²) in [6.45, 7) is 12.6. The maximum absolute atomic E-state index is 12.4. The number of para-hydroxylation sites is 3. The smallest absolute Gasteiger partial charge is 0.413 e. The standard InChI is InChI=1S/C16H13Cl2N5OS.C16H18ClN3O3S.C11H10ClN3OS/c1-8-4-3-5-10(17)14(8)23-15(24)11-7-19-16(25-11)22-13-6-12(18)20-9(2)21-13;1-9-6-5-7-10(17)12(9)19-13(21)11-8-18-14(24-11)20-15(22)23-16(2,3)4;1-6-3-2-4-7(12)9(6)15-10(16)8-5-14-11(13)17-8/h3-7H,1-2H3,(H,23,24)(H,19,20,21,22);5-8H,1-4H3,(H,19,21)(H,18,20,22);2-5H,1H3,(H2,13,14)(H,15,16). The first kappa shape index (κ1) is 51.1. The Morgan fingerprint density at radius 1 is 0.591 bits per heavy atom. The second kappa shape index (κ2) is 23.0. The number of hydrogen-bond acceptors (Lipinski definition) is 15. The molecule has 0 atom stereocenters. The highest BCUT2D eigenvalue weighted by Gasteiger charge is 2.20. The number of nitrogen functional groups attached to an aromatic ring is 1. The number of aryl methyl sites for hydroxylation is 4. The van der Waals surface area contributed by atoms with Gasteiger partial charge in [-0.2, -0.15) is 0 Å². The molecular formula is C43H41Cl4N11O5S3. The first-order chi connectivity index (χ1) is 31.1. The van der Waals surface area contributed by atoms with Gasteiger partial charge in [-0.25, -0.2) is 29.7 Å². The van der Waals surface area contributed by atoms with Gasteiger partial charge in [-0.3, -0.25) is 19.7 Å². The molecule has 344 valence electrons. The van der Waals surface area contributed by atoms with Gasteiger partial charge in [0.05, 0.1) is 50.7 Å². The van der Waals surface area contributed by atoms with Crippen molar-refractivity contribution in [2.45, 2.75) is 54.1 Å². The highest BCUT2D eigenvalue weighted by atomic mass is 35.5. The zero-order valence-corrected chi connectivity index (χ0v) is 41.6. The molecule has 4 amide bonds. The van der Waals surface area contributed by atoms with Gasteiger partial charge < -0.3 is 31.7 Å². The van der Waals surface area contributed by atoms with E-state index in [9.17, 15) is 19.2 Å². The fraction of sp³-hybridized carbons (Fsp3) is 0.186. The van der Waals surface area contributed by atoms with E-state index in [1.54, 1.807) is 52.0 Å². The molecular weight excluding hydrogens is 989 g/mol. The molecule has 7 N–H and O–H groups in total. The average molecular weight is 1030 g/mol. The maximum atomic E-state index is 12.4. The van der Waals surface area contributed by atoms with Gasteiger partial charge in [0.25, 0.3) is 17.7 Å². The number of carbonyl (C=O) groups is 4. The van der Waals surface area contributed by atoms with Crippen LogP contribution in [0.3, 0.4) is 0 Å². The topological polar surface area (TPSA) is 228 Å². The summed E-state index contributed by atoms with van der Waals surface area (Å²) in [7, 11) is 0. The summed E-state index contributed by atoms with van der Waals surface area (Å²) in [5.74, 6) is 0.175. The molecule has 0 saturated heterocycles. The summed E-state index contributed by atoms with van der Waals surface area (Å²) in [4.78, 5) is 69.8. The molecule has 16 nitrogen and oxygen atoms in total. The first-order valence-electron chi connectivity index (χ1n) is 19.3. The van der Waals surface area contributed by atoms with E-state index in [0.717, 1.165) is 39.4 Å². The summed E-state index contributed by atoms with van der Waals surface area (Å²) >= 11 is 27.5. The van der Waals surface area contributed by atoms with Crippen LogP contribution in [0.5, 0.6) is 0 Å². The summed E-state index contributed by atoms with van der Waals surface area (Å²) in [5.41, 5.74) is 9.27. The average Bonchev–Trinajstić information content (AvgIpc) is 4.01. The van der Waals surface area contributed by atoms with Crippen molar-refractivity contribution in [3.63, 3.8) is 0 Å². The van der Waals surface area contributed by atoms with Crippen LogP contribution >= 0.6 is 80.4 Å². The molecule has 0 aliphatic heterocycles. The Morgan fingerprint density at radius 3 is 1.42 bits per heavy atom. The molecule has 0 aliphatic carbocycles. The third-order valence-corrected chi connectivity index (χ3v) is 12.0. The molecule has 0 unspecified atom stereocenters. The minimum absolute atomic E-state index is 0.254. The lowest BCUT2D eigenvalue weighted by atomic mass is 10.2. The third kappa shape index (κ3) is 15.1. The number of ether oxygens (including phenoxy) is 1. The van der Waals surface area contributed by atoms with Crippen molar-refractivity contribution >= 4 is 143 Å². The van der Waals surface area contributed by atoms with Gasteiger partial charge in [0, 0.05) is 6.07 Å². The van der Waals surface area contributed by atoms with Gasteiger partial charge in [-0.05, 0) is 83.4 Å². The van der Waals surface area contributed by atoms with Crippen LogP contribution in [0.15, 0.2) is 79.3 Å². The van der Waals surface area contributed by atoms with Crippen molar-refractivity contribution < 1.29 is 23.9 Å². The zero-order chi connectivity index (χ0) is 48.3. The van der Waals surface area contributed by atoms with Gasteiger partial charge in [-0.15, -0.1) is 0 Å². The number of thiazole rings is 3. The molecule has 0 bridgehead atoms. The first-order valence-corrected chi connectivity index (χ1v) is 23.2. The van der Waals surface area contributed by atoms with Crippen molar-refractivity contribution in [1.82, 2.24) is 24.9 Å². The van der Waals surface area contributed by atoms with Crippen molar-refractivity contribution in [1.29, 1.82) is 0 Å². The van der Waals surface area contributed by atoms with Crippen LogP contribution in [-0.2, 0) is 4.74 Å². The lowest BCUT2D eigenvalue weighted by Gasteiger charge is -2.18. The summed E-state index contributed by atoms with van der Waals surface area (Å²) in [5, 5.41) is 16.8. The second-order valence-electron chi connectivity index (χ2n) is 14.7. The number of aromatic nitrogens is 5. The third-order valence-electron chi connectivity index (χ3n) is 8.24. The van der Waals surface area contributed by atoms with Crippen molar-refractivity contribution in [3.05, 3.63) is 137 Å². The molecule has 0 saturated carbocycles. The van der Waals surface area contributed by atoms with E-state index in [0.29, 0.717) is 73.8 Å². The number of nitrogens with two attached hydrogens (primary N) is 1. The molecule has 0 aliphatic rings. The lowest BCUT2D eigenvalue weighted by Crippen LogP contribution is -2.27. The van der Waals surface area contributed by atoms with E-state index in [1.165, 1.54) is 29.9 Å². The zero-order valence-electron chi connectivity index (χ0n) is 36.1. The SMILES string of the molecule is Cc1cccc(Cl)c1NC(=O)c1cnc(N)s1.Cc1cccc(Cl)c1NC(=O)c1cnc(NC(=O)OC(C)(C)C)s1.Cc1nc(Cl)cc(Nc2ncc(C(=O)Nc3c(C)cccc3Cl)s2)n1. The molecule has 4 aromatic heterocycles. The molecule has 7 aromatic rings. The minimum Gasteiger partial charge on any atom is -0.444 e. The van der Waals surface area contributed by atoms with Gasteiger partial charge in [0.15, 0.2) is 15.4 Å². The Hall–Kier alpha value is -5.93. The van der Waals surface area contributed by atoms with E-state index in [-0.39, 0.29) is 22.9 Å².